The Morgan fingerprint density at radius 2 is 2.05 bits per heavy atom. The molecule has 22 heavy (non-hydrogen) atoms. The summed E-state index contributed by atoms with van der Waals surface area (Å²) >= 11 is 1.05. The minimum absolute atomic E-state index is 0. The normalized spacial score (nSPS) is 17.4. The van der Waals surface area contributed by atoms with Crippen molar-refractivity contribution in [2.24, 2.45) is 5.73 Å². The van der Waals surface area contributed by atoms with Crippen molar-refractivity contribution in [3.8, 4) is 10.6 Å². The topological polar surface area (TPSA) is 59.2 Å². The first kappa shape index (κ1) is 16.8. The van der Waals surface area contributed by atoms with Gasteiger partial charge in [0, 0.05) is 24.5 Å². The molecule has 0 saturated carbocycles. The lowest BCUT2D eigenvalue weighted by atomic mass is 10.2. The maximum atomic E-state index is 13.7. The van der Waals surface area contributed by atoms with Gasteiger partial charge in [-0.15, -0.1) is 23.7 Å². The van der Waals surface area contributed by atoms with Crippen molar-refractivity contribution < 1.29 is 13.6 Å². The lowest BCUT2D eigenvalue weighted by Crippen LogP contribution is -2.32. The average Bonchev–Trinajstić information content (AvgIpc) is 3.07. The molecule has 1 fully saturated rings. The number of thiazole rings is 1. The number of nitrogens with zero attached hydrogens (tertiary/aromatic N) is 2. The molecule has 1 aromatic heterocycles. The van der Waals surface area contributed by atoms with Crippen LogP contribution >= 0.6 is 23.7 Å². The standard InChI is InChI=1S/C14H13F2N3OS.ClH/c15-9-2-1-3-10(16)12(9)13-18-11(7-21-13)14(20)19-5-4-8(17)6-19;/h1-3,7-8H,4-6,17H2;1H/t8-;/m1./s1. The third-order valence-corrected chi connectivity index (χ3v) is 4.27. The summed E-state index contributed by atoms with van der Waals surface area (Å²) in [6, 6.07) is 3.61. The second-order valence-corrected chi connectivity index (χ2v) is 5.79. The third kappa shape index (κ3) is 3.11. The molecule has 1 aliphatic rings. The third-order valence-electron chi connectivity index (χ3n) is 3.41. The average molecular weight is 346 g/mol. The van der Waals surface area contributed by atoms with Crippen LogP contribution in [-0.4, -0.2) is 34.9 Å². The van der Waals surface area contributed by atoms with Gasteiger partial charge >= 0.3 is 0 Å². The number of likely N-dealkylation sites (tertiary alicyclic amines) is 1. The van der Waals surface area contributed by atoms with Crippen LogP contribution < -0.4 is 5.73 Å². The molecule has 0 unspecified atom stereocenters. The second-order valence-electron chi connectivity index (χ2n) is 4.93. The number of amides is 1. The number of carbonyl (C=O) groups excluding carboxylic acids is 1. The zero-order valence-corrected chi connectivity index (χ0v) is 13.1. The summed E-state index contributed by atoms with van der Waals surface area (Å²) in [5.41, 5.74) is 5.77. The Morgan fingerprint density at radius 1 is 1.36 bits per heavy atom. The van der Waals surface area contributed by atoms with Gasteiger partial charge in [0.15, 0.2) is 0 Å². The minimum Gasteiger partial charge on any atom is -0.336 e. The molecule has 8 heteroatoms. The molecule has 1 aliphatic heterocycles. The fourth-order valence-electron chi connectivity index (χ4n) is 2.32. The SMILES string of the molecule is Cl.N[C@@H]1CCN(C(=O)c2csc(-c3c(F)cccc3F)n2)C1. The first-order valence-electron chi connectivity index (χ1n) is 6.51. The van der Waals surface area contributed by atoms with Gasteiger partial charge in [0.05, 0.1) is 5.56 Å². The Kier molecular flexibility index (Phi) is 5.10. The molecule has 1 amide bonds. The summed E-state index contributed by atoms with van der Waals surface area (Å²) in [6.45, 7) is 1.07. The van der Waals surface area contributed by atoms with Gasteiger partial charge in [0.2, 0.25) is 0 Å². The fraction of sp³-hybridized carbons (Fsp3) is 0.286. The van der Waals surface area contributed by atoms with Crippen molar-refractivity contribution >= 4 is 29.7 Å². The van der Waals surface area contributed by atoms with E-state index in [1.54, 1.807) is 4.90 Å². The van der Waals surface area contributed by atoms with Crippen LogP contribution in [0.4, 0.5) is 8.78 Å². The number of rotatable bonds is 2. The zero-order chi connectivity index (χ0) is 15.0. The molecule has 0 aliphatic carbocycles. The molecule has 0 spiro atoms. The number of carbonyl (C=O) groups is 1. The van der Waals surface area contributed by atoms with E-state index in [4.69, 9.17) is 5.73 Å². The summed E-state index contributed by atoms with van der Waals surface area (Å²) in [6.07, 6.45) is 0.755. The highest BCUT2D eigenvalue weighted by Crippen LogP contribution is 2.29. The number of halogens is 3. The quantitative estimate of drug-likeness (QED) is 0.910. The Labute approximate surface area is 136 Å². The Morgan fingerprint density at radius 3 is 2.64 bits per heavy atom. The maximum absolute atomic E-state index is 13.7. The van der Waals surface area contributed by atoms with E-state index in [1.165, 1.54) is 23.6 Å². The van der Waals surface area contributed by atoms with Crippen molar-refractivity contribution in [3.63, 3.8) is 0 Å². The van der Waals surface area contributed by atoms with Crippen LogP contribution in [0.5, 0.6) is 0 Å². The number of benzene rings is 1. The van der Waals surface area contributed by atoms with Crippen molar-refractivity contribution in [2.45, 2.75) is 12.5 Å². The van der Waals surface area contributed by atoms with E-state index in [1.807, 2.05) is 0 Å². The van der Waals surface area contributed by atoms with Gasteiger partial charge in [-0.2, -0.15) is 0 Å². The van der Waals surface area contributed by atoms with Crippen LogP contribution in [0.3, 0.4) is 0 Å². The van der Waals surface area contributed by atoms with Crippen LogP contribution in [0.25, 0.3) is 10.6 Å². The van der Waals surface area contributed by atoms with Crippen molar-refractivity contribution in [1.29, 1.82) is 0 Å². The zero-order valence-electron chi connectivity index (χ0n) is 11.5. The van der Waals surface area contributed by atoms with Crippen molar-refractivity contribution in [3.05, 3.63) is 40.9 Å². The minimum atomic E-state index is -0.688. The molecule has 1 aromatic carbocycles. The molecule has 0 radical (unpaired) electrons. The van der Waals surface area contributed by atoms with Gasteiger partial charge < -0.3 is 10.6 Å². The molecule has 118 valence electrons. The van der Waals surface area contributed by atoms with Gasteiger partial charge in [-0.25, -0.2) is 13.8 Å². The predicted octanol–water partition coefficient (Wildman–Crippen LogP) is 2.68. The largest absolute Gasteiger partial charge is 0.336 e. The first-order valence-corrected chi connectivity index (χ1v) is 7.39. The maximum Gasteiger partial charge on any atom is 0.273 e. The summed E-state index contributed by atoms with van der Waals surface area (Å²) < 4.78 is 27.4. The smallest absolute Gasteiger partial charge is 0.273 e. The molecule has 1 saturated heterocycles. The van der Waals surface area contributed by atoms with Gasteiger partial charge in [-0.1, -0.05) is 6.07 Å². The van der Waals surface area contributed by atoms with Gasteiger partial charge in [0.1, 0.15) is 22.3 Å². The molecule has 2 heterocycles. The van der Waals surface area contributed by atoms with Gasteiger partial charge in [0.25, 0.3) is 5.91 Å². The van der Waals surface area contributed by atoms with Crippen LogP contribution in [0, 0.1) is 11.6 Å². The van der Waals surface area contributed by atoms with E-state index in [-0.39, 0.29) is 40.6 Å². The highest BCUT2D eigenvalue weighted by Gasteiger charge is 2.26. The number of hydrogen-bond donors (Lipinski definition) is 1. The fourth-order valence-corrected chi connectivity index (χ4v) is 3.16. The summed E-state index contributed by atoms with van der Waals surface area (Å²) in [4.78, 5) is 17.9. The number of hydrogen-bond acceptors (Lipinski definition) is 4. The molecule has 4 nitrogen and oxygen atoms in total. The predicted molar refractivity (Wildman–Crippen MR) is 83.2 cm³/mol. The highest BCUT2D eigenvalue weighted by atomic mass is 35.5. The lowest BCUT2D eigenvalue weighted by molar-refractivity contribution is 0.0786. The number of aromatic nitrogens is 1. The van der Waals surface area contributed by atoms with E-state index < -0.39 is 11.6 Å². The van der Waals surface area contributed by atoms with Crippen LogP contribution in [0.1, 0.15) is 16.9 Å². The van der Waals surface area contributed by atoms with Gasteiger partial charge in [-0.05, 0) is 18.6 Å². The van der Waals surface area contributed by atoms with E-state index in [2.05, 4.69) is 4.98 Å². The Balaban J connectivity index is 0.00000176. The molecule has 2 aromatic rings. The molecule has 3 rings (SSSR count). The molecular weight excluding hydrogens is 332 g/mol. The Bertz CT molecular complexity index is 674. The van der Waals surface area contributed by atoms with E-state index >= 15 is 0 Å². The van der Waals surface area contributed by atoms with Gasteiger partial charge in [-0.3, -0.25) is 4.79 Å². The molecular formula is C14H14ClF2N3OS. The van der Waals surface area contributed by atoms with E-state index in [9.17, 15) is 13.6 Å². The molecule has 0 bridgehead atoms. The monoisotopic (exact) mass is 345 g/mol. The number of nitrogens with two attached hydrogens (primary N) is 1. The van der Waals surface area contributed by atoms with Crippen LogP contribution in [0.15, 0.2) is 23.6 Å². The van der Waals surface area contributed by atoms with Crippen molar-refractivity contribution in [1.82, 2.24) is 9.88 Å². The van der Waals surface area contributed by atoms with Crippen molar-refractivity contribution in [2.75, 3.05) is 13.1 Å². The molecule has 2 N–H and O–H groups in total. The van der Waals surface area contributed by atoms with E-state index in [0.29, 0.717) is 13.1 Å². The highest BCUT2D eigenvalue weighted by molar-refractivity contribution is 7.13. The summed E-state index contributed by atoms with van der Waals surface area (Å²) in [5, 5.41) is 1.69. The van der Waals surface area contributed by atoms with Crippen LogP contribution in [-0.2, 0) is 0 Å². The van der Waals surface area contributed by atoms with E-state index in [0.717, 1.165) is 17.8 Å². The van der Waals surface area contributed by atoms with Crippen LogP contribution in [0.2, 0.25) is 0 Å². The Hall–Kier alpha value is -1.57. The first-order chi connectivity index (χ1) is 10.1. The second kappa shape index (κ2) is 6.68. The lowest BCUT2D eigenvalue weighted by Gasteiger charge is -2.13. The summed E-state index contributed by atoms with van der Waals surface area (Å²) in [7, 11) is 0. The summed E-state index contributed by atoms with van der Waals surface area (Å²) in [5.74, 6) is -1.62. The molecule has 1 atom stereocenters.